The van der Waals surface area contributed by atoms with Gasteiger partial charge >= 0.3 is 0 Å². The number of anilines is 1. The zero-order valence-electron chi connectivity index (χ0n) is 18.9. The zero-order chi connectivity index (χ0) is 24.2. The van der Waals surface area contributed by atoms with Gasteiger partial charge in [-0.2, -0.15) is 0 Å². The summed E-state index contributed by atoms with van der Waals surface area (Å²) < 4.78 is 17.8. The number of H-pyrrole nitrogens is 1. The van der Waals surface area contributed by atoms with Crippen molar-refractivity contribution in [1.29, 1.82) is 0 Å². The number of ether oxygens (including phenoxy) is 3. The Labute approximate surface area is 200 Å². The van der Waals surface area contributed by atoms with Crippen molar-refractivity contribution in [2.45, 2.75) is 6.54 Å². The lowest BCUT2D eigenvalue weighted by Gasteiger charge is -2.15. The van der Waals surface area contributed by atoms with Crippen LogP contribution in [0.15, 0.2) is 65.5 Å². The Bertz CT molecular complexity index is 1450. The molecular formula is C25H23N3O5S. The largest absolute Gasteiger partial charge is 0.493 e. The molecule has 3 aromatic carbocycles. The fraction of sp³-hybridized carbons (Fsp3) is 0.160. The first-order chi connectivity index (χ1) is 16.4. The summed E-state index contributed by atoms with van der Waals surface area (Å²) in [6.07, 6.45) is 0. The van der Waals surface area contributed by atoms with Crippen molar-refractivity contribution in [2.24, 2.45) is 0 Å². The van der Waals surface area contributed by atoms with Gasteiger partial charge in [-0.1, -0.05) is 30.3 Å². The van der Waals surface area contributed by atoms with Gasteiger partial charge < -0.3 is 24.5 Å². The van der Waals surface area contributed by atoms with E-state index in [4.69, 9.17) is 26.4 Å². The summed E-state index contributed by atoms with van der Waals surface area (Å²) in [5, 5.41) is 3.26. The van der Waals surface area contributed by atoms with Crippen LogP contribution >= 0.6 is 12.2 Å². The summed E-state index contributed by atoms with van der Waals surface area (Å²) in [6.45, 7) is 0.355. The normalized spacial score (nSPS) is 10.7. The number of methoxy groups -OCH3 is 3. The lowest BCUT2D eigenvalue weighted by atomic mass is 10.1. The van der Waals surface area contributed by atoms with Gasteiger partial charge in [0.1, 0.15) is 0 Å². The molecule has 9 heteroatoms. The quantitative estimate of drug-likeness (QED) is 0.384. The number of aromatic nitrogens is 2. The van der Waals surface area contributed by atoms with Crippen LogP contribution in [-0.4, -0.2) is 36.8 Å². The second-order valence-electron chi connectivity index (χ2n) is 7.44. The molecule has 0 spiro atoms. The molecule has 0 unspecified atom stereocenters. The average molecular weight is 478 g/mol. The first kappa shape index (κ1) is 23.1. The van der Waals surface area contributed by atoms with Crippen molar-refractivity contribution in [3.8, 4) is 17.2 Å². The number of amides is 1. The summed E-state index contributed by atoms with van der Waals surface area (Å²) >= 11 is 5.43. The highest BCUT2D eigenvalue weighted by Crippen LogP contribution is 2.40. The first-order valence-electron chi connectivity index (χ1n) is 10.4. The second kappa shape index (κ2) is 9.80. The molecule has 0 saturated heterocycles. The number of hydrogen-bond donors (Lipinski definition) is 2. The van der Waals surface area contributed by atoms with Gasteiger partial charge in [0.2, 0.25) is 5.75 Å². The van der Waals surface area contributed by atoms with Crippen LogP contribution in [0.25, 0.3) is 10.9 Å². The topological polar surface area (TPSA) is 94.6 Å². The smallest absolute Gasteiger partial charge is 0.262 e. The maximum Gasteiger partial charge on any atom is 0.262 e. The van der Waals surface area contributed by atoms with E-state index in [0.717, 1.165) is 5.56 Å². The molecule has 0 aliphatic heterocycles. The van der Waals surface area contributed by atoms with Crippen LogP contribution in [0.3, 0.4) is 0 Å². The molecule has 0 aliphatic carbocycles. The third-order valence-electron chi connectivity index (χ3n) is 5.35. The van der Waals surface area contributed by atoms with Gasteiger partial charge in [-0.15, -0.1) is 0 Å². The number of hydrogen-bond acceptors (Lipinski definition) is 6. The summed E-state index contributed by atoms with van der Waals surface area (Å²) in [4.78, 5) is 29.1. The molecule has 4 rings (SSSR count). The Morgan fingerprint density at radius 2 is 1.65 bits per heavy atom. The minimum atomic E-state index is -0.371. The summed E-state index contributed by atoms with van der Waals surface area (Å²) in [7, 11) is 4.50. The first-order valence-corrected chi connectivity index (χ1v) is 10.8. The second-order valence-corrected chi connectivity index (χ2v) is 7.82. The van der Waals surface area contributed by atoms with E-state index in [2.05, 4.69) is 10.3 Å². The number of carbonyl (C=O) groups is 1. The van der Waals surface area contributed by atoms with E-state index >= 15 is 0 Å². The van der Waals surface area contributed by atoms with Crippen LogP contribution in [-0.2, 0) is 6.54 Å². The Morgan fingerprint density at radius 3 is 2.26 bits per heavy atom. The molecule has 1 heterocycles. The van der Waals surface area contributed by atoms with E-state index in [1.165, 1.54) is 25.9 Å². The summed E-state index contributed by atoms with van der Waals surface area (Å²) in [5.74, 6) is 0.884. The highest BCUT2D eigenvalue weighted by Gasteiger charge is 2.16. The Morgan fingerprint density at radius 1 is 0.971 bits per heavy atom. The Balaban J connectivity index is 1.66. The molecule has 8 nitrogen and oxygen atoms in total. The molecule has 174 valence electrons. The average Bonchev–Trinajstić information content (AvgIpc) is 2.86. The predicted molar refractivity (Wildman–Crippen MR) is 133 cm³/mol. The molecule has 0 fully saturated rings. The molecule has 1 aromatic heterocycles. The third-order valence-corrected chi connectivity index (χ3v) is 5.67. The van der Waals surface area contributed by atoms with E-state index in [9.17, 15) is 9.59 Å². The predicted octanol–water partition coefficient (Wildman–Crippen LogP) is 4.39. The van der Waals surface area contributed by atoms with E-state index in [1.807, 2.05) is 30.3 Å². The maximum absolute atomic E-state index is 13.1. The molecule has 1 amide bonds. The van der Waals surface area contributed by atoms with Crippen LogP contribution in [0, 0.1) is 4.77 Å². The van der Waals surface area contributed by atoms with E-state index < -0.39 is 0 Å². The van der Waals surface area contributed by atoms with Gasteiger partial charge in [0, 0.05) is 23.4 Å². The van der Waals surface area contributed by atoms with E-state index in [0.29, 0.717) is 45.9 Å². The number of aromatic amines is 1. The van der Waals surface area contributed by atoms with Crippen molar-refractivity contribution in [1.82, 2.24) is 9.55 Å². The molecule has 0 radical (unpaired) electrons. The molecule has 0 saturated carbocycles. The van der Waals surface area contributed by atoms with Crippen LogP contribution in [0.4, 0.5) is 5.69 Å². The van der Waals surface area contributed by atoms with Gasteiger partial charge in [0.25, 0.3) is 11.5 Å². The minimum absolute atomic E-state index is 0.223. The number of carbonyl (C=O) groups excluding carboxylic acids is 1. The van der Waals surface area contributed by atoms with Crippen molar-refractivity contribution < 1.29 is 19.0 Å². The molecular weight excluding hydrogens is 454 g/mol. The summed E-state index contributed by atoms with van der Waals surface area (Å²) in [6, 6.07) is 17.7. The minimum Gasteiger partial charge on any atom is -0.493 e. The Kier molecular flexibility index (Phi) is 6.65. The SMILES string of the molecule is COc1cc(NC(=O)c2ccc3c(=O)n(Cc4ccccc4)c(=S)[nH]c3c2)cc(OC)c1OC. The molecule has 0 aliphatic rings. The van der Waals surface area contributed by atoms with Crippen LogP contribution < -0.4 is 25.1 Å². The number of fused-ring (bicyclic) bond motifs is 1. The van der Waals surface area contributed by atoms with Crippen LogP contribution in [0.5, 0.6) is 17.2 Å². The maximum atomic E-state index is 13.1. The molecule has 2 N–H and O–H groups in total. The third kappa shape index (κ3) is 4.51. The number of nitrogens with one attached hydrogen (secondary N) is 2. The van der Waals surface area contributed by atoms with Gasteiger partial charge in [-0.25, -0.2) is 0 Å². The lowest BCUT2D eigenvalue weighted by Crippen LogP contribution is -2.23. The van der Waals surface area contributed by atoms with Crippen molar-refractivity contribution in [2.75, 3.05) is 26.6 Å². The van der Waals surface area contributed by atoms with Crippen molar-refractivity contribution in [3.05, 3.63) is 86.9 Å². The van der Waals surface area contributed by atoms with Gasteiger partial charge in [-0.05, 0) is 36.0 Å². The van der Waals surface area contributed by atoms with Crippen LogP contribution in [0.2, 0.25) is 0 Å². The molecule has 0 atom stereocenters. The van der Waals surface area contributed by atoms with Gasteiger partial charge in [0.05, 0.1) is 38.8 Å². The number of nitrogens with zero attached hydrogens (tertiary/aromatic N) is 1. The van der Waals surface area contributed by atoms with Gasteiger partial charge in [-0.3, -0.25) is 14.2 Å². The monoisotopic (exact) mass is 477 g/mol. The fourth-order valence-electron chi connectivity index (χ4n) is 3.66. The number of benzene rings is 3. The lowest BCUT2D eigenvalue weighted by molar-refractivity contribution is 0.102. The van der Waals surface area contributed by atoms with E-state index in [1.54, 1.807) is 30.3 Å². The van der Waals surface area contributed by atoms with E-state index in [-0.39, 0.29) is 16.2 Å². The Hall–Kier alpha value is -4.11. The van der Waals surface area contributed by atoms with Crippen molar-refractivity contribution in [3.63, 3.8) is 0 Å². The highest BCUT2D eigenvalue weighted by molar-refractivity contribution is 7.71. The van der Waals surface area contributed by atoms with Crippen LogP contribution in [0.1, 0.15) is 15.9 Å². The fourth-order valence-corrected chi connectivity index (χ4v) is 3.92. The highest BCUT2D eigenvalue weighted by atomic mass is 32.1. The summed E-state index contributed by atoms with van der Waals surface area (Å²) in [5.41, 5.74) is 2.04. The molecule has 0 bridgehead atoms. The standard InChI is InChI=1S/C25H23N3O5S/c1-31-20-12-17(13-21(32-2)22(20)33-3)26-23(29)16-9-10-18-19(11-16)27-25(34)28(24(18)30)14-15-7-5-4-6-8-15/h4-13H,14H2,1-3H3,(H,26,29)(H,27,34). The molecule has 34 heavy (non-hydrogen) atoms. The number of rotatable bonds is 7. The zero-order valence-corrected chi connectivity index (χ0v) is 19.7. The van der Waals surface area contributed by atoms with Gasteiger partial charge in [0.15, 0.2) is 16.3 Å². The van der Waals surface area contributed by atoms with Crippen molar-refractivity contribution >= 4 is 34.7 Å². The molecule has 4 aromatic rings.